The zero-order chi connectivity index (χ0) is 21.5. The third kappa shape index (κ3) is 5.22. The molecule has 0 aliphatic carbocycles. The van der Waals surface area contributed by atoms with E-state index in [1.54, 1.807) is 24.5 Å². The Kier molecular flexibility index (Phi) is 6.79. The summed E-state index contributed by atoms with van der Waals surface area (Å²) in [6, 6.07) is 18.9. The summed E-state index contributed by atoms with van der Waals surface area (Å²) < 4.78 is 8.02. The summed E-state index contributed by atoms with van der Waals surface area (Å²) in [6.07, 6.45) is 4.66. The predicted octanol–water partition coefficient (Wildman–Crippen LogP) is 4.53. The van der Waals surface area contributed by atoms with Crippen molar-refractivity contribution in [1.82, 2.24) is 19.9 Å². The molecule has 4 rings (SSSR count). The van der Waals surface area contributed by atoms with Gasteiger partial charge in [0.1, 0.15) is 11.6 Å². The number of aryl methyl sites for hydroxylation is 1. The Morgan fingerprint density at radius 1 is 1.03 bits per heavy atom. The van der Waals surface area contributed by atoms with E-state index >= 15 is 0 Å². The first-order valence-electron chi connectivity index (χ1n) is 10.2. The number of amides is 1. The van der Waals surface area contributed by atoms with Crippen LogP contribution in [0.5, 0.6) is 5.75 Å². The molecule has 0 saturated carbocycles. The molecule has 0 atom stereocenters. The molecule has 158 valence electrons. The van der Waals surface area contributed by atoms with E-state index in [0.29, 0.717) is 35.9 Å². The van der Waals surface area contributed by atoms with Gasteiger partial charge in [-0.3, -0.25) is 9.78 Å². The molecule has 0 aliphatic rings. The van der Waals surface area contributed by atoms with Gasteiger partial charge in [-0.1, -0.05) is 35.9 Å². The highest BCUT2D eigenvalue weighted by Gasteiger charge is 2.11. The smallest absolute Gasteiger partial charge is 0.251 e. The van der Waals surface area contributed by atoms with Gasteiger partial charge in [0.05, 0.1) is 22.7 Å². The van der Waals surface area contributed by atoms with Crippen molar-refractivity contribution in [3.8, 4) is 5.75 Å². The molecule has 2 aromatic heterocycles. The average molecular weight is 435 g/mol. The molecule has 6 nitrogen and oxygen atoms in total. The van der Waals surface area contributed by atoms with Crippen LogP contribution in [-0.2, 0) is 13.0 Å². The highest BCUT2D eigenvalue weighted by atomic mass is 35.5. The van der Waals surface area contributed by atoms with Gasteiger partial charge in [0.15, 0.2) is 0 Å². The molecule has 0 aliphatic heterocycles. The number of fused-ring (bicyclic) bond motifs is 1. The summed E-state index contributed by atoms with van der Waals surface area (Å²) in [4.78, 5) is 21.0. The number of para-hydroxylation sites is 3. The fourth-order valence-electron chi connectivity index (χ4n) is 3.43. The van der Waals surface area contributed by atoms with Crippen LogP contribution in [0.3, 0.4) is 0 Å². The quantitative estimate of drug-likeness (QED) is 0.393. The molecule has 7 heteroatoms. The Hall–Kier alpha value is -3.38. The van der Waals surface area contributed by atoms with E-state index in [-0.39, 0.29) is 5.91 Å². The first-order chi connectivity index (χ1) is 15.2. The molecule has 4 aromatic rings. The number of carbonyl (C=O) groups is 1. The van der Waals surface area contributed by atoms with Gasteiger partial charge in [-0.2, -0.15) is 0 Å². The predicted molar refractivity (Wildman–Crippen MR) is 122 cm³/mol. The van der Waals surface area contributed by atoms with Crippen LogP contribution < -0.4 is 10.1 Å². The molecule has 1 N–H and O–H groups in total. The molecule has 0 bridgehead atoms. The number of carbonyl (C=O) groups excluding carboxylic acids is 1. The van der Waals surface area contributed by atoms with Gasteiger partial charge in [-0.25, -0.2) is 4.98 Å². The van der Waals surface area contributed by atoms with Gasteiger partial charge in [0.2, 0.25) is 0 Å². The van der Waals surface area contributed by atoms with E-state index in [1.807, 2.05) is 42.5 Å². The third-order valence-electron chi connectivity index (χ3n) is 4.93. The molecule has 0 spiro atoms. The summed E-state index contributed by atoms with van der Waals surface area (Å²) in [6.45, 7) is 1.81. The van der Waals surface area contributed by atoms with Crippen LogP contribution in [-0.4, -0.2) is 33.6 Å². The maximum Gasteiger partial charge on any atom is 0.251 e. The zero-order valence-corrected chi connectivity index (χ0v) is 17.8. The second kappa shape index (κ2) is 10.1. The summed E-state index contributed by atoms with van der Waals surface area (Å²) in [5.74, 6) is 1.52. The number of pyridine rings is 1. The van der Waals surface area contributed by atoms with E-state index < -0.39 is 0 Å². The second-order valence-corrected chi connectivity index (χ2v) is 7.45. The number of hydrogen-bond acceptors (Lipinski definition) is 4. The van der Waals surface area contributed by atoms with Crippen molar-refractivity contribution in [3.63, 3.8) is 0 Å². The van der Waals surface area contributed by atoms with Gasteiger partial charge < -0.3 is 14.6 Å². The van der Waals surface area contributed by atoms with Gasteiger partial charge in [-0.05, 0) is 42.8 Å². The largest absolute Gasteiger partial charge is 0.492 e. The van der Waals surface area contributed by atoms with E-state index in [2.05, 4.69) is 20.9 Å². The summed E-state index contributed by atoms with van der Waals surface area (Å²) in [5, 5.41) is 3.57. The van der Waals surface area contributed by atoms with Crippen LogP contribution in [0, 0.1) is 0 Å². The molecule has 0 saturated heterocycles. The van der Waals surface area contributed by atoms with E-state index in [9.17, 15) is 4.79 Å². The first-order valence-corrected chi connectivity index (χ1v) is 10.6. The number of imidazole rings is 1. The lowest BCUT2D eigenvalue weighted by Crippen LogP contribution is -2.26. The maximum atomic E-state index is 12.3. The Morgan fingerprint density at radius 3 is 2.65 bits per heavy atom. The summed E-state index contributed by atoms with van der Waals surface area (Å²) in [5.41, 5.74) is 2.63. The van der Waals surface area contributed by atoms with Crippen molar-refractivity contribution < 1.29 is 9.53 Å². The maximum absolute atomic E-state index is 12.3. The number of aromatic nitrogens is 3. The lowest BCUT2D eigenvalue weighted by atomic mass is 10.2. The zero-order valence-electron chi connectivity index (χ0n) is 17.0. The highest BCUT2D eigenvalue weighted by molar-refractivity contribution is 6.32. The number of halogens is 1. The molecule has 0 radical (unpaired) electrons. The molecule has 0 unspecified atom stereocenters. The number of ether oxygens (including phenoxy) is 1. The number of benzene rings is 2. The normalized spacial score (nSPS) is 10.9. The monoisotopic (exact) mass is 434 g/mol. The molecule has 2 aromatic carbocycles. The number of hydrogen-bond donors (Lipinski definition) is 1. The second-order valence-electron chi connectivity index (χ2n) is 7.04. The van der Waals surface area contributed by atoms with Crippen LogP contribution >= 0.6 is 11.6 Å². The van der Waals surface area contributed by atoms with Crippen LogP contribution in [0.4, 0.5) is 0 Å². The summed E-state index contributed by atoms with van der Waals surface area (Å²) >= 11 is 6.15. The Labute approximate surface area is 185 Å². The van der Waals surface area contributed by atoms with Crippen LogP contribution in [0.25, 0.3) is 11.0 Å². The topological polar surface area (TPSA) is 69.0 Å². The minimum Gasteiger partial charge on any atom is -0.492 e. The lowest BCUT2D eigenvalue weighted by molar-refractivity contribution is 0.0954. The van der Waals surface area contributed by atoms with Crippen molar-refractivity contribution in [3.05, 3.63) is 89.5 Å². The molecule has 31 heavy (non-hydrogen) atoms. The van der Waals surface area contributed by atoms with Crippen molar-refractivity contribution in [2.24, 2.45) is 0 Å². The fraction of sp³-hybridized carbons (Fsp3) is 0.208. The van der Waals surface area contributed by atoms with Gasteiger partial charge in [-0.15, -0.1) is 0 Å². The fourth-order valence-corrected chi connectivity index (χ4v) is 3.62. The van der Waals surface area contributed by atoms with Crippen molar-refractivity contribution in [2.75, 3.05) is 13.2 Å². The average Bonchev–Trinajstić information content (AvgIpc) is 3.15. The van der Waals surface area contributed by atoms with E-state index in [4.69, 9.17) is 21.3 Å². The van der Waals surface area contributed by atoms with Crippen molar-refractivity contribution in [1.29, 1.82) is 0 Å². The van der Waals surface area contributed by atoms with Crippen LogP contribution in [0.1, 0.15) is 22.6 Å². The lowest BCUT2D eigenvalue weighted by Gasteiger charge is -2.11. The Balaban J connectivity index is 1.38. The minimum absolute atomic E-state index is 0.113. The molecule has 1 amide bonds. The van der Waals surface area contributed by atoms with Gasteiger partial charge in [0.25, 0.3) is 5.91 Å². The molecular formula is C24H23ClN4O2. The Bertz CT molecular complexity index is 1160. The third-order valence-corrected chi connectivity index (χ3v) is 5.24. The first kappa shape index (κ1) is 20.9. The van der Waals surface area contributed by atoms with Gasteiger partial charge in [0, 0.05) is 37.5 Å². The molecule has 0 fully saturated rings. The minimum atomic E-state index is -0.113. The van der Waals surface area contributed by atoms with E-state index in [0.717, 1.165) is 29.8 Å². The number of nitrogens with one attached hydrogen (secondary N) is 1. The Morgan fingerprint density at radius 2 is 1.81 bits per heavy atom. The van der Waals surface area contributed by atoms with Crippen molar-refractivity contribution >= 4 is 28.5 Å². The standard InChI is InChI=1S/C24H23ClN4O2/c25-19-6-1-4-9-22(19)31-17-5-16-29-21-8-3-2-7-20(21)28-23(29)12-15-27-24(30)18-10-13-26-14-11-18/h1-4,6-11,13-14H,5,12,15-17H2,(H,27,30). The summed E-state index contributed by atoms with van der Waals surface area (Å²) in [7, 11) is 0. The number of nitrogens with zero attached hydrogens (tertiary/aromatic N) is 3. The van der Waals surface area contributed by atoms with E-state index in [1.165, 1.54) is 0 Å². The molecule has 2 heterocycles. The van der Waals surface area contributed by atoms with Gasteiger partial charge >= 0.3 is 0 Å². The van der Waals surface area contributed by atoms with Crippen LogP contribution in [0.2, 0.25) is 5.02 Å². The number of rotatable bonds is 9. The van der Waals surface area contributed by atoms with Crippen molar-refractivity contribution in [2.45, 2.75) is 19.4 Å². The van der Waals surface area contributed by atoms with Crippen LogP contribution in [0.15, 0.2) is 73.1 Å². The SMILES string of the molecule is O=C(NCCc1nc2ccccc2n1CCCOc1ccccc1Cl)c1ccncc1. The highest BCUT2D eigenvalue weighted by Crippen LogP contribution is 2.23. The molecular weight excluding hydrogens is 412 g/mol.